The molecule has 3 rings (SSSR count). The van der Waals surface area contributed by atoms with Gasteiger partial charge in [0.05, 0.1) is 0 Å². The predicted molar refractivity (Wildman–Crippen MR) is 90.7 cm³/mol. The average Bonchev–Trinajstić information content (AvgIpc) is 3.02. The molecular formula is C19H26N2O2. The quantitative estimate of drug-likeness (QED) is 0.821. The van der Waals surface area contributed by atoms with Crippen molar-refractivity contribution >= 4 is 11.7 Å². The maximum Gasteiger partial charge on any atom is 0.220 e. The van der Waals surface area contributed by atoms with Gasteiger partial charge in [-0.15, -0.1) is 0 Å². The Morgan fingerprint density at radius 2 is 2.00 bits per heavy atom. The van der Waals surface area contributed by atoms with Gasteiger partial charge in [-0.2, -0.15) is 0 Å². The van der Waals surface area contributed by atoms with Gasteiger partial charge in [-0.25, -0.2) is 0 Å². The lowest BCUT2D eigenvalue weighted by atomic mass is 9.99. The molecule has 1 aliphatic carbocycles. The van der Waals surface area contributed by atoms with E-state index in [4.69, 9.17) is 0 Å². The number of rotatable bonds is 5. The fraction of sp³-hybridized carbons (Fsp3) is 0.579. The largest absolute Gasteiger partial charge is 0.352 e. The molecule has 0 bridgehead atoms. The van der Waals surface area contributed by atoms with E-state index in [1.165, 1.54) is 17.5 Å². The number of Topliss-reactive ketones (excluding diaryl/α,β-unsaturated/α-hetero) is 1. The molecule has 1 amide bonds. The van der Waals surface area contributed by atoms with Crippen molar-refractivity contribution in [1.82, 2.24) is 10.6 Å². The van der Waals surface area contributed by atoms with Gasteiger partial charge in [0.15, 0.2) is 5.78 Å². The molecule has 2 atom stereocenters. The summed E-state index contributed by atoms with van der Waals surface area (Å²) in [6, 6.07) is 6.50. The Bertz CT molecular complexity index is 597. The summed E-state index contributed by atoms with van der Waals surface area (Å²) in [5, 5.41) is 6.43. The Morgan fingerprint density at radius 3 is 2.83 bits per heavy atom. The molecule has 0 spiro atoms. The minimum absolute atomic E-state index is 0.0138. The van der Waals surface area contributed by atoms with Gasteiger partial charge >= 0.3 is 0 Å². The first-order valence-corrected chi connectivity index (χ1v) is 8.81. The SMILES string of the molecule is CC1NCCCC1NC(=O)CCC(=O)c1ccc2c(c1)CCC2. The first-order chi connectivity index (χ1) is 11.1. The van der Waals surface area contributed by atoms with Crippen LogP contribution >= 0.6 is 0 Å². The summed E-state index contributed by atoms with van der Waals surface area (Å²) in [6.07, 6.45) is 6.05. The standard InChI is InChI=1S/C19H26N2O2/c1-13-17(6-3-11-20-13)21-19(23)10-9-18(22)16-8-7-14-4-2-5-15(14)12-16/h7-8,12-13,17,20H,2-6,9-11H2,1H3,(H,21,23). The number of carbonyl (C=O) groups is 2. The van der Waals surface area contributed by atoms with Crippen molar-refractivity contribution in [1.29, 1.82) is 0 Å². The molecule has 2 N–H and O–H groups in total. The summed E-state index contributed by atoms with van der Waals surface area (Å²) in [5.41, 5.74) is 3.44. The summed E-state index contributed by atoms with van der Waals surface area (Å²) in [7, 11) is 0. The molecule has 1 aliphatic heterocycles. The first kappa shape index (κ1) is 16.2. The van der Waals surface area contributed by atoms with Crippen molar-refractivity contribution in [3.63, 3.8) is 0 Å². The predicted octanol–water partition coefficient (Wildman–Crippen LogP) is 2.39. The fourth-order valence-electron chi connectivity index (χ4n) is 3.64. The second kappa shape index (κ2) is 7.26. The number of hydrogen-bond acceptors (Lipinski definition) is 3. The lowest BCUT2D eigenvalue weighted by Crippen LogP contribution is -2.51. The number of fused-ring (bicyclic) bond motifs is 1. The molecule has 124 valence electrons. The number of amides is 1. The molecule has 0 aromatic heterocycles. The molecule has 1 aromatic carbocycles. The monoisotopic (exact) mass is 314 g/mol. The lowest BCUT2D eigenvalue weighted by Gasteiger charge is -2.30. The number of benzene rings is 1. The van der Waals surface area contributed by atoms with Crippen LogP contribution < -0.4 is 10.6 Å². The minimum Gasteiger partial charge on any atom is -0.352 e. The highest BCUT2D eigenvalue weighted by Gasteiger charge is 2.22. The van der Waals surface area contributed by atoms with E-state index in [-0.39, 0.29) is 24.2 Å². The summed E-state index contributed by atoms with van der Waals surface area (Å²) in [6.45, 7) is 3.12. The van der Waals surface area contributed by atoms with Crippen molar-refractivity contribution in [3.8, 4) is 0 Å². The Kier molecular flexibility index (Phi) is 5.11. The van der Waals surface area contributed by atoms with Crippen molar-refractivity contribution in [3.05, 3.63) is 34.9 Å². The number of piperidine rings is 1. The van der Waals surface area contributed by atoms with Crippen molar-refractivity contribution in [2.45, 2.75) is 64.0 Å². The van der Waals surface area contributed by atoms with E-state index in [1.54, 1.807) is 0 Å². The summed E-state index contributed by atoms with van der Waals surface area (Å²) in [5.74, 6) is 0.0599. The zero-order chi connectivity index (χ0) is 16.2. The fourth-order valence-corrected chi connectivity index (χ4v) is 3.64. The molecule has 1 aromatic rings. The summed E-state index contributed by atoms with van der Waals surface area (Å²) < 4.78 is 0. The van der Waals surface area contributed by atoms with Crippen LogP contribution in [0.25, 0.3) is 0 Å². The van der Waals surface area contributed by atoms with Crippen LogP contribution in [0.4, 0.5) is 0 Å². The molecule has 1 fully saturated rings. The summed E-state index contributed by atoms with van der Waals surface area (Å²) in [4.78, 5) is 24.4. The lowest BCUT2D eigenvalue weighted by molar-refractivity contribution is -0.122. The number of hydrogen-bond donors (Lipinski definition) is 2. The maximum atomic E-state index is 12.3. The maximum absolute atomic E-state index is 12.3. The molecular weight excluding hydrogens is 288 g/mol. The molecule has 23 heavy (non-hydrogen) atoms. The zero-order valence-electron chi connectivity index (χ0n) is 13.9. The van der Waals surface area contributed by atoms with Crippen molar-refractivity contribution in [2.75, 3.05) is 6.54 Å². The van der Waals surface area contributed by atoms with Gasteiger partial charge in [0, 0.05) is 30.5 Å². The average molecular weight is 314 g/mol. The van der Waals surface area contributed by atoms with Gasteiger partial charge in [-0.1, -0.05) is 12.1 Å². The van der Waals surface area contributed by atoms with Crippen LogP contribution in [0.2, 0.25) is 0 Å². The molecule has 2 aliphatic rings. The minimum atomic E-state index is -0.0138. The van der Waals surface area contributed by atoms with Gasteiger partial charge in [-0.05, 0) is 62.8 Å². The van der Waals surface area contributed by atoms with Gasteiger partial charge in [0.2, 0.25) is 5.91 Å². The Hall–Kier alpha value is -1.68. The third-order valence-electron chi connectivity index (χ3n) is 5.11. The van der Waals surface area contributed by atoms with Crippen LogP contribution in [0.1, 0.15) is 60.5 Å². The summed E-state index contributed by atoms with van der Waals surface area (Å²) >= 11 is 0. The molecule has 4 nitrogen and oxygen atoms in total. The second-order valence-corrected chi connectivity index (χ2v) is 6.82. The van der Waals surface area contributed by atoms with Crippen molar-refractivity contribution in [2.24, 2.45) is 0 Å². The van der Waals surface area contributed by atoms with E-state index in [9.17, 15) is 9.59 Å². The van der Waals surface area contributed by atoms with E-state index < -0.39 is 0 Å². The first-order valence-electron chi connectivity index (χ1n) is 8.81. The van der Waals surface area contributed by atoms with E-state index in [2.05, 4.69) is 23.6 Å². The normalized spacial score (nSPS) is 23.3. The van der Waals surface area contributed by atoms with Crippen LogP contribution in [0.5, 0.6) is 0 Å². The van der Waals surface area contributed by atoms with E-state index in [0.717, 1.165) is 37.8 Å². The van der Waals surface area contributed by atoms with Gasteiger partial charge in [0.25, 0.3) is 0 Å². The number of ketones is 1. The Morgan fingerprint density at radius 1 is 1.17 bits per heavy atom. The molecule has 2 unspecified atom stereocenters. The highest BCUT2D eigenvalue weighted by Crippen LogP contribution is 2.23. The highest BCUT2D eigenvalue weighted by molar-refractivity contribution is 5.98. The van der Waals surface area contributed by atoms with E-state index in [1.807, 2.05) is 12.1 Å². The van der Waals surface area contributed by atoms with Gasteiger partial charge in [-0.3, -0.25) is 9.59 Å². The number of nitrogens with one attached hydrogen (secondary N) is 2. The Labute approximate surface area is 138 Å². The van der Waals surface area contributed by atoms with Crippen LogP contribution in [-0.4, -0.2) is 30.3 Å². The van der Waals surface area contributed by atoms with Crippen LogP contribution in [0.3, 0.4) is 0 Å². The zero-order valence-corrected chi connectivity index (χ0v) is 13.9. The third-order valence-corrected chi connectivity index (χ3v) is 5.11. The highest BCUT2D eigenvalue weighted by atomic mass is 16.2. The van der Waals surface area contributed by atoms with Crippen LogP contribution in [0.15, 0.2) is 18.2 Å². The molecule has 1 heterocycles. The topological polar surface area (TPSA) is 58.2 Å². The van der Waals surface area contributed by atoms with E-state index >= 15 is 0 Å². The van der Waals surface area contributed by atoms with Gasteiger partial charge < -0.3 is 10.6 Å². The molecule has 0 saturated carbocycles. The Balaban J connectivity index is 1.49. The molecule has 0 radical (unpaired) electrons. The van der Waals surface area contributed by atoms with Gasteiger partial charge in [0.1, 0.15) is 0 Å². The smallest absolute Gasteiger partial charge is 0.220 e. The van der Waals surface area contributed by atoms with E-state index in [0.29, 0.717) is 12.5 Å². The third kappa shape index (κ3) is 3.99. The van der Waals surface area contributed by atoms with Crippen molar-refractivity contribution < 1.29 is 9.59 Å². The second-order valence-electron chi connectivity index (χ2n) is 6.82. The van der Waals surface area contributed by atoms with Crippen LogP contribution in [0, 0.1) is 0 Å². The molecule has 1 saturated heterocycles. The van der Waals surface area contributed by atoms with Crippen LogP contribution in [-0.2, 0) is 17.6 Å². The molecule has 4 heteroatoms. The number of carbonyl (C=O) groups excluding carboxylic acids is 2. The number of aryl methyl sites for hydroxylation is 2.